The molecule has 2 aromatic heterocycles. The molecule has 2 aromatic rings. The number of aryl methyl sites for hydroxylation is 2. The lowest BCUT2D eigenvalue weighted by molar-refractivity contribution is 0.311. The number of rotatable bonds is 3. The molecule has 0 aromatic carbocycles. The summed E-state index contributed by atoms with van der Waals surface area (Å²) in [6.07, 6.45) is 2.06. The molecule has 4 nitrogen and oxygen atoms in total. The zero-order valence-electron chi connectivity index (χ0n) is 12.8. The van der Waals surface area contributed by atoms with Crippen LogP contribution in [0.2, 0.25) is 0 Å². The second-order valence-electron chi connectivity index (χ2n) is 5.69. The van der Waals surface area contributed by atoms with Crippen LogP contribution in [0.25, 0.3) is 5.52 Å². The molecule has 0 bridgehead atoms. The second kappa shape index (κ2) is 5.44. The van der Waals surface area contributed by atoms with Crippen molar-refractivity contribution in [2.45, 2.75) is 26.7 Å². The summed E-state index contributed by atoms with van der Waals surface area (Å²) >= 11 is 0. The van der Waals surface area contributed by atoms with E-state index in [-0.39, 0.29) is 0 Å². The Hall–Kier alpha value is -1.55. The van der Waals surface area contributed by atoms with Crippen molar-refractivity contribution in [2.75, 3.05) is 38.1 Å². The largest absolute Gasteiger partial charge is 0.354 e. The highest BCUT2D eigenvalue weighted by atomic mass is 15.4. The van der Waals surface area contributed by atoms with E-state index >= 15 is 0 Å². The number of piperazine rings is 1. The van der Waals surface area contributed by atoms with Crippen molar-refractivity contribution in [1.82, 2.24) is 14.5 Å². The Bertz CT molecular complexity index is 594. The van der Waals surface area contributed by atoms with Gasteiger partial charge in [-0.1, -0.05) is 13.8 Å². The van der Waals surface area contributed by atoms with Crippen LogP contribution in [-0.4, -0.2) is 47.7 Å². The Labute approximate surface area is 121 Å². The van der Waals surface area contributed by atoms with Crippen LogP contribution in [0.1, 0.15) is 25.1 Å². The third-order valence-corrected chi connectivity index (χ3v) is 4.25. The van der Waals surface area contributed by atoms with Gasteiger partial charge in [0.05, 0.1) is 11.2 Å². The molecule has 1 aliphatic heterocycles. The summed E-state index contributed by atoms with van der Waals surface area (Å²) in [6.45, 7) is 8.80. The van der Waals surface area contributed by atoms with E-state index < -0.39 is 0 Å². The summed E-state index contributed by atoms with van der Waals surface area (Å²) in [5.74, 6) is 1.26. The number of fused-ring (bicyclic) bond motifs is 1. The molecular weight excluding hydrogens is 248 g/mol. The summed E-state index contributed by atoms with van der Waals surface area (Å²) in [7, 11) is 2.19. The van der Waals surface area contributed by atoms with Crippen molar-refractivity contribution in [3.8, 4) is 0 Å². The number of likely N-dealkylation sites (N-methyl/N-ethyl adjacent to an activating group) is 1. The maximum atomic E-state index is 4.76. The van der Waals surface area contributed by atoms with Gasteiger partial charge in [0.25, 0.3) is 0 Å². The van der Waals surface area contributed by atoms with Gasteiger partial charge in [0.1, 0.15) is 5.82 Å². The van der Waals surface area contributed by atoms with E-state index in [1.54, 1.807) is 0 Å². The molecule has 0 unspecified atom stereocenters. The third-order valence-electron chi connectivity index (χ3n) is 4.25. The zero-order chi connectivity index (χ0) is 14.1. The first-order valence-electron chi connectivity index (χ1n) is 7.66. The number of hydrogen-bond donors (Lipinski definition) is 0. The first-order chi connectivity index (χ1) is 9.71. The predicted octanol–water partition coefficient (Wildman–Crippen LogP) is 2.21. The molecule has 0 saturated carbocycles. The van der Waals surface area contributed by atoms with E-state index in [1.807, 2.05) is 0 Å². The van der Waals surface area contributed by atoms with E-state index in [2.05, 4.69) is 53.4 Å². The lowest BCUT2D eigenvalue weighted by Gasteiger charge is -2.34. The minimum Gasteiger partial charge on any atom is -0.354 e. The molecule has 0 spiro atoms. The first kappa shape index (κ1) is 13.4. The fourth-order valence-corrected chi connectivity index (χ4v) is 2.83. The van der Waals surface area contributed by atoms with Gasteiger partial charge in [-0.2, -0.15) is 5.10 Å². The molecule has 1 aliphatic rings. The van der Waals surface area contributed by atoms with Crippen LogP contribution in [0, 0.1) is 0 Å². The minimum absolute atomic E-state index is 0.991. The van der Waals surface area contributed by atoms with Crippen molar-refractivity contribution >= 4 is 11.3 Å². The highest BCUT2D eigenvalue weighted by Gasteiger charge is 2.18. The Morgan fingerprint density at radius 3 is 2.40 bits per heavy atom. The lowest BCUT2D eigenvalue weighted by Crippen LogP contribution is -2.45. The van der Waals surface area contributed by atoms with Gasteiger partial charge in [-0.3, -0.25) is 0 Å². The average molecular weight is 272 g/mol. The Morgan fingerprint density at radius 1 is 1.00 bits per heavy atom. The van der Waals surface area contributed by atoms with Gasteiger partial charge in [-0.05, 0) is 43.7 Å². The van der Waals surface area contributed by atoms with Crippen LogP contribution >= 0.6 is 0 Å². The van der Waals surface area contributed by atoms with Crippen LogP contribution in [0.5, 0.6) is 0 Å². The van der Waals surface area contributed by atoms with Gasteiger partial charge in [-0.25, -0.2) is 4.52 Å². The van der Waals surface area contributed by atoms with Crippen LogP contribution in [0.4, 0.5) is 5.82 Å². The number of pyridine rings is 1. The molecule has 0 atom stereocenters. The van der Waals surface area contributed by atoms with Gasteiger partial charge in [-0.15, -0.1) is 0 Å². The monoisotopic (exact) mass is 272 g/mol. The quantitative estimate of drug-likeness (QED) is 0.856. The van der Waals surface area contributed by atoms with Crippen molar-refractivity contribution in [3.63, 3.8) is 0 Å². The van der Waals surface area contributed by atoms with Gasteiger partial charge in [0.2, 0.25) is 0 Å². The molecule has 1 fully saturated rings. The normalized spacial score (nSPS) is 17.1. The van der Waals surface area contributed by atoms with E-state index in [0.717, 1.165) is 39.0 Å². The third kappa shape index (κ3) is 2.40. The molecule has 108 valence electrons. The van der Waals surface area contributed by atoms with Crippen LogP contribution < -0.4 is 4.90 Å². The minimum atomic E-state index is 0.991. The van der Waals surface area contributed by atoms with Crippen molar-refractivity contribution in [1.29, 1.82) is 0 Å². The molecule has 3 heterocycles. The Morgan fingerprint density at radius 2 is 1.75 bits per heavy atom. The fraction of sp³-hybridized carbons (Fsp3) is 0.562. The molecule has 0 N–H and O–H groups in total. The lowest BCUT2D eigenvalue weighted by atomic mass is 10.1. The molecule has 0 aliphatic carbocycles. The van der Waals surface area contributed by atoms with Crippen molar-refractivity contribution in [3.05, 3.63) is 29.5 Å². The number of hydrogen-bond acceptors (Lipinski definition) is 3. The molecule has 0 amide bonds. The van der Waals surface area contributed by atoms with Gasteiger partial charge in [0, 0.05) is 26.2 Å². The van der Waals surface area contributed by atoms with E-state index in [1.165, 1.54) is 22.6 Å². The molecule has 1 saturated heterocycles. The van der Waals surface area contributed by atoms with E-state index in [4.69, 9.17) is 5.10 Å². The molecule has 20 heavy (non-hydrogen) atoms. The van der Waals surface area contributed by atoms with Crippen molar-refractivity contribution in [2.24, 2.45) is 0 Å². The summed E-state index contributed by atoms with van der Waals surface area (Å²) in [5.41, 5.74) is 3.80. The van der Waals surface area contributed by atoms with Gasteiger partial charge in [0.15, 0.2) is 0 Å². The molecule has 3 rings (SSSR count). The Kier molecular flexibility index (Phi) is 3.66. The molecule has 4 heteroatoms. The van der Waals surface area contributed by atoms with Crippen LogP contribution in [0.15, 0.2) is 18.2 Å². The average Bonchev–Trinajstić information content (AvgIpc) is 2.90. The first-order valence-corrected chi connectivity index (χ1v) is 7.66. The van der Waals surface area contributed by atoms with Gasteiger partial charge < -0.3 is 9.80 Å². The summed E-state index contributed by atoms with van der Waals surface area (Å²) < 4.78 is 2.13. The maximum Gasteiger partial charge on any atom is 0.131 e. The smallest absolute Gasteiger partial charge is 0.131 e. The van der Waals surface area contributed by atoms with Crippen LogP contribution in [-0.2, 0) is 12.8 Å². The SMILES string of the molecule is CCc1cc(N2CCN(C)CC2)n2nc(CC)cc2c1. The fourth-order valence-electron chi connectivity index (χ4n) is 2.83. The summed E-state index contributed by atoms with van der Waals surface area (Å²) in [6, 6.07) is 6.80. The van der Waals surface area contributed by atoms with E-state index in [9.17, 15) is 0 Å². The second-order valence-corrected chi connectivity index (χ2v) is 5.69. The zero-order valence-corrected chi connectivity index (χ0v) is 12.8. The number of aromatic nitrogens is 2. The van der Waals surface area contributed by atoms with Gasteiger partial charge >= 0.3 is 0 Å². The molecule has 0 radical (unpaired) electrons. The highest BCUT2D eigenvalue weighted by Crippen LogP contribution is 2.22. The standard InChI is InChI=1S/C16H24N4/c1-4-13-10-15-12-14(5-2)17-20(15)16(11-13)19-8-6-18(3)7-9-19/h10-12H,4-9H2,1-3H3. The van der Waals surface area contributed by atoms with Crippen LogP contribution in [0.3, 0.4) is 0 Å². The number of nitrogens with zero attached hydrogens (tertiary/aromatic N) is 4. The topological polar surface area (TPSA) is 23.8 Å². The summed E-state index contributed by atoms with van der Waals surface area (Å²) in [4.78, 5) is 4.86. The highest BCUT2D eigenvalue weighted by molar-refractivity contribution is 5.58. The predicted molar refractivity (Wildman–Crippen MR) is 83.7 cm³/mol. The van der Waals surface area contributed by atoms with Crippen molar-refractivity contribution < 1.29 is 0 Å². The van der Waals surface area contributed by atoms with E-state index in [0.29, 0.717) is 0 Å². The maximum absolute atomic E-state index is 4.76. The number of anilines is 1. The Balaban J connectivity index is 2.05. The molecular formula is C16H24N4. The summed E-state index contributed by atoms with van der Waals surface area (Å²) in [5, 5.41) is 4.76.